The number of benzene rings is 1. The van der Waals surface area contributed by atoms with Crippen molar-refractivity contribution >= 4 is 11.8 Å². The van der Waals surface area contributed by atoms with Gasteiger partial charge in [0, 0.05) is 0 Å². The smallest absolute Gasteiger partial charge is 0.143 e. The Morgan fingerprint density at radius 1 is 1.45 bits per heavy atom. The van der Waals surface area contributed by atoms with Gasteiger partial charge in [-0.15, -0.1) is 11.8 Å². The number of hydrogen-bond donors (Lipinski definition) is 1. The van der Waals surface area contributed by atoms with Crippen molar-refractivity contribution in [3.8, 4) is 5.75 Å². The summed E-state index contributed by atoms with van der Waals surface area (Å²) in [7, 11) is 0. The third-order valence-corrected chi connectivity index (χ3v) is 2.27. The molecule has 0 aliphatic heterocycles. The average molecular weight is 172 g/mol. The van der Waals surface area contributed by atoms with Crippen LogP contribution in [-0.2, 0) is 0 Å². The molecule has 1 aromatic rings. The molecule has 1 rings (SSSR count). The lowest BCUT2D eigenvalue weighted by Gasteiger charge is -2.03. The summed E-state index contributed by atoms with van der Waals surface area (Å²) in [6.45, 7) is 1.68. The molecule has 0 amide bonds. The molecule has 1 nitrogen and oxygen atoms in total. The number of halogens is 1. The Morgan fingerprint density at radius 3 is 2.55 bits per heavy atom. The van der Waals surface area contributed by atoms with Crippen molar-refractivity contribution < 1.29 is 9.50 Å². The van der Waals surface area contributed by atoms with E-state index in [-0.39, 0.29) is 11.6 Å². The molecule has 0 saturated heterocycles. The molecule has 0 radical (unpaired) electrons. The first-order valence-electron chi connectivity index (χ1n) is 3.19. The highest BCUT2D eigenvalue weighted by Crippen LogP contribution is 2.30. The molecule has 11 heavy (non-hydrogen) atoms. The van der Waals surface area contributed by atoms with E-state index in [2.05, 4.69) is 0 Å². The van der Waals surface area contributed by atoms with Crippen LogP contribution in [0.25, 0.3) is 0 Å². The predicted octanol–water partition coefficient (Wildman–Crippen LogP) is 2.56. The van der Waals surface area contributed by atoms with Crippen LogP contribution in [0.3, 0.4) is 0 Å². The van der Waals surface area contributed by atoms with Crippen LogP contribution in [0.4, 0.5) is 4.39 Å². The van der Waals surface area contributed by atoms with Crippen LogP contribution in [0.5, 0.6) is 5.75 Å². The van der Waals surface area contributed by atoms with Crippen LogP contribution in [0.2, 0.25) is 0 Å². The van der Waals surface area contributed by atoms with Crippen LogP contribution in [-0.4, -0.2) is 11.4 Å². The zero-order valence-electron chi connectivity index (χ0n) is 6.39. The Morgan fingerprint density at radius 2 is 2.09 bits per heavy atom. The average Bonchev–Trinajstić information content (AvgIpc) is 1.99. The molecule has 1 aromatic carbocycles. The van der Waals surface area contributed by atoms with Crippen molar-refractivity contribution in [3.05, 3.63) is 23.5 Å². The van der Waals surface area contributed by atoms with Crippen molar-refractivity contribution in [1.82, 2.24) is 0 Å². The molecule has 0 spiro atoms. The SMILES string of the molecule is CSc1c(O)ccc(C)c1F. The molecule has 0 atom stereocenters. The van der Waals surface area contributed by atoms with Crippen molar-refractivity contribution in [2.45, 2.75) is 11.8 Å². The molecule has 1 N–H and O–H groups in total. The van der Waals surface area contributed by atoms with E-state index in [1.54, 1.807) is 19.2 Å². The summed E-state index contributed by atoms with van der Waals surface area (Å²) < 4.78 is 13.1. The lowest BCUT2D eigenvalue weighted by molar-refractivity contribution is 0.448. The number of phenols is 1. The minimum absolute atomic E-state index is 0.0144. The summed E-state index contributed by atoms with van der Waals surface area (Å²) in [6, 6.07) is 3.06. The zero-order valence-corrected chi connectivity index (χ0v) is 7.20. The molecule has 60 valence electrons. The first-order valence-corrected chi connectivity index (χ1v) is 4.41. The monoisotopic (exact) mass is 172 g/mol. The number of aromatic hydroxyl groups is 1. The summed E-state index contributed by atoms with van der Waals surface area (Å²) >= 11 is 1.21. The minimum atomic E-state index is -0.322. The molecule has 0 aliphatic rings. The zero-order chi connectivity index (χ0) is 8.43. The van der Waals surface area contributed by atoms with E-state index in [0.29, 0.717) is 10.5 Å². The maximum Gasteiger partial charge on any atom is 0.143 e. The summed E-state index contributed by atoms with van der Waals surface area (Å²) in [5, 5.41) is 9.15. The van der Waals surface area contributed by atoms with E-state index < -0.39 is 0 Å². The molecule has 0 saturated carbocycles. The molecule has 0 aromatic heterocycles. The summed E-state index contributed by atoms with van der Waals surface area (Å²) in [6.07, 6.45) is 1.73. The fourth-order valence-electron chi connectivity index (χ4n) is 0.838. The molecule has 0 aliphatic carbocycles. The maximum absolute atomic E-state index is 13.1. The van der Waals surface area contributed by atoms with Crippen LogP contribution < -0.4 is 0 Å². The Bertz CT molecular complexity index is 273. The van der Waals surface area contributed by atoms with Gasteiger partial charge in [-0.2, -0.15) is 0 Å². The van der Waals surface area contributed by atoms with Crippen LogP contribution in [0, 0.1) is 12.7 Å². The third-order valence-electron chi connectivity index (χ3n) is 1.47. The fourth-order valence-corrected chi connectivity index (χ4v) is 1.46. The number of thioether (sulfide) groups is 1. The van der Waals surface area contributed by atoms with E-state index in [4.69, 9.17) is 5.11 Å². The number of phenolic OH excluding ortho intramolecular Hbond substituents is 1. The Labute approximate surface area is 69.2 Å². The van der Waals surface area contributed by atoms with Crippen molar-refractivity contribution in [2.24, 2.45) is 0 Å². The molecular formula is C8H9FOS. The van der Waals surface area contributed by atoms with Crippen LogP contribution in [0.1, 0.15) is 5.56 Å². The van der Waals surface area contributed by atoms with Gasteiger partial charge in [0.05, 0.1) is 4.90 Å². The van der Waals surface area contributed by atoms with Gasteiger partial charge >= 0.3 is 0 Å². The quantitative estimate of drug-likeness (QED) is 0.657. The third kappa shape index (κ3) is 1.48. The van der Waals surface area contributed by atoms with Gasteiger partial charge in [0.2, 0.25) is 0 Å². The van der Waals surface area contributed by atoms with Gasteiger partial charge in [-0.3, -0.25) is 0 Å². The predicted molar refractivity (Wildman–Crippen MR) is 44.6 cm³/mol. The maximum atomic E-state index is 13.1. The normalized spacial score (nSPS) is 10.1. The topological polar surface area (TPSA) is 20.2 Å². The van der Waals surface area contributed by atoms with E-state index in [0.717, 1.165) is 0 Å². The lowest BCUT2D eigenvalue weighted by Crippen LogP contribution is -1.85. The highest BCUT2D eigenvalue weighted by molar-refractivity contribution is 7.98. The highest BCUT2D eigenvalue weighted by atomic mass is 32.2. The second-order valence-corrected chi connectivity index (χ2v) is 3.07. The first kappa shape index (κ1) is 8.40. The molecule has 0 bridgehead atoms. The van der Waals surface area contributed by atoms with Gasteiger partial charge in [-0.05, 0) is 24.8 Å². The fraction of sp³-hybridized carbons (Fsp3) is 0.250. The van der Waals surface area contributed by atoms with Gasteiger partial charge < -0.3 is 5.11 Å². The second kappa shape index (κ2) is 3.13. The van der Waals surface area contributed by atoms with E-state index >= 15 is 0 Å². The van der Waals surface area contributed by atoms with Crippen LogP contribution in [0.15, 0.2) is 17.0 Å². The van der Waals surface area contributed by atoms with E-state index in [9.17, 15) is 4.39 Å². The highest BCUT2D eigenvalue weighted by Gasteiger charge is 2.08. The van der Waals surface area contributed by atoms with E-state index in [1.807, 2.05) is 0 Å². The number of aryl methyl sites for hydroxylation is 1. The Kier molecular flexibility index (Phi) is 2.39. The number of rotatable bonds is 1. The Hall–Kier alpha value is -0.700. The molecule has 3 heteroatoms. The van der Waals surface area contributed by atoms with Gasteiger partial charge in [-0.1, -0.05) is 6.07 Å². The van der Waals surface area contributed by atoms with Gasteiger partial charge in [0.15, 0.2) is 0 Å². The lowest BCUT2D eigenvalue weighted by atomic mass is 10.2. The molecule has 0 unspecified atom stereocenters. The molecular weight excluding hydrogens is 163 g/mol. The number of hydrogen-bond acceptors (Lipinski definition) is 2. The van der Waals surface area contributed by atoms with Crippen molar-refractivity contribution in [1.29, 1.82) is 0 Å². The molecule has 0 fully saturated rings. The van der Waals surface area contributed by atoms with Gasteiger partial charge in [0.25, 0.3) is 0 Å². The summed E-state index contributed by atoms with van der Waals surface area (Å²) in [5.41, 5.74) is 0.562. The molecule has 0 heterocycles. The van der Waals surface area contributed by atoms with Crippen LogP contribution >= 0.6 is 11.8 Å². The summed E-state index contributed by atoms with van der Waals surface area (Å²) in [4.78, 5) is 0.324. The van der Waals surface area contributed by atoms with Crippen molar-refractivity contribution in [2.75, 3.05) is 6.26 Å². The minimum Gasteiger partial charge on any atom is -0.507 e. The second-order valence-electron chi connectivity index (χ2n) is 2.25. The van der Waals surface area contributed by atoms with Crippen molar-refractivity contribution in [3.63, 3.8) is 0 Å². The Balaban J connectivity index is 3.29. The summed E-state index contributed by atoms with van der Waals surface area (Å²) in [5.74, 6) is -0.307. The van der Waals surface area contributed by atoms with Gasteiger partial charge in [-0.25, -0.2) is 4.39 Å². The first-order chi connectivity index (χ1) is 5.16. The van der Waals surface area contributed by atoms with E-state index in [1.165, 1.54) is 17.8 Å². The van der Waals surface area contributed by atoms with Gasteiger partial charge in [0.1, 0.15) is 11.6 Å². The largest absolute Gasteiger partial charge is 0.507 e. The standard InChI is InChI=1S/C8H9FOS/c1-5-3-4-6(10)8(11-2)7(5)9/h3-4,10H,1-2H3.